The van der Waals surface area contributed by atoms with Gasteiger partial charge in [0.15, 0.2) is 5.16 Å². The van der Waals surface area contributed by atoms with Gasteiger partial charge in [0, 0.05) is 34.2 Å². The molecule has 0 saturated heterocycles. The zero-order valence-electron chi connectivity index (χ0n) is 16.5. The van der Waals surface area contributed by atoms with Crippen LogP contribution in [0.2, 0.25) is 5.02 Å². The van der Waals surface area contributed by atoms with Crippen LogP contribution in [0.4, 0.5) is 0 Å². The van der Waals surface area contributed by atoms with Crippen molar-refractivity contribution in [3.8, 4) is 0 Å². The Morgan fingerprint density at radius 1 is 1.21 bits per heavy atom. The summed E-state index contributed by atoms with van der Waals surface area (Å²) in [5, 5.41) is 2.75. The van der Waals surface area contributed by atoms with Gasteiger partial charge >= 0.3 is 5.63 Å². The van der Waals surface area contributed by atoms with Crippen LogP contribution >= 0.6 is 34.7 Å². The molecule has 4 rings (SSSR count). The van der Waals surface area contributed by atoms with Gasteiger partial charge in [-0.3, -0.25) is 9.36 Å². The van der Waals surface area contributed by atoms with Gasteiger partial charge in [-0.05, 0) is 49.1 Å². The fraction of sp³-hybridized carbons (Fsp3) is 0.286. The number of aryl methyl sites for hydroxylation is 3. The average molecular weight is 447 g/mol. The number of fused-ring (bicyclic) bond motifs is 2. The van der Waals surface area contributed by atoms with Gasteiger partial charge in [-0.15, -0.1) is 11.3 Å². The maximum absolute atomic E-state index is 12.8. The van der Waals surface area contributed by atoms with Crippen molar-refractivity contribution in [2.45, 2.75) is 38.1 Å². The van der Waals surface area contributed by atoms with Gasteiger partial charge in [-0.2, -0.15) is 0 Å². The third kappa shape index (κ3) is 3.52. The first kappa shape index (κ1) is 20.2. The van der Waals surface area contributed by atoms with E-state index in [2.05, 4.69) is 0 Å². The molecule has 29 heavy (non-hydrogen) atoms. The number of halogens is 1. The molecule has 0 bridgehead atoms. The highest BCUT2D eigenvalue weighted by atomic mass is 35.5. The second kappa shape index (κ2) is 7.63. The molecule has 0 amide bonds. The Labute approximate surface area is 180 Å². The van der Waals surface area contributed by atoms with Crippen molar-refractivity contribution in [3.63, 3.8) is 0 Å². The molecule has 0 aliphatic carbocycles. The number of hydrogen-bond donors (Lipinski definition) is 0. The first-order valence-corrected chi connectivity index (χ1v) is 11.3. The highest BCUT2D eigenvalue weighted by Gasteiger charge is 2.16. The lowest BCUT2D eigenvalue weighted by Gasteiger charge is -2.10. The van der Waals surface area contributed by atoms with Crippen molar-refractivity contribution in [1.82, 2.24) is 9.55 Å². The third-order valence-corrected chi connectivity index (χ3v) is 7.64. The number of rotatable bonds is 4. The Bertz CT molecular complexity index is 1390. The molecule has 4 aromatic rings. The lowest BCUT2D eigenvalue weighted by molar-refractivity contribution is 0.559. The highest BCUT2D eigenvalue weighted by molar-refractivity contribution is 7.98. The van der Waals surface area contributed by atoms with Crippen LogP contribution in [0.5, 0.6) is 0 Å². The molecular formula is C21H19ClN2O3S2. The molecule has 150 valence electrons. The van der Waals surface area contributed by atoms with Crippen molar-refractivity contribution in [3.05, 3.63) is 65.6 Å². The zero-order chi connectivity index (χ0) is 20.9. The van der Waals surface area contributed by atoms with Gasteiger partial charge in [0.05, 0.1) is 5.39 Å². The van der Waals surface area contributed by atoms with Crippen molar-refractivity contribution < 1.29 is 4.42 Å². The zero-order valence-corrected chi connectivity index (χ0v) is 18.8. The van der Waals surface area contributed by atoms with Crippen LogP contribution in [0.1, 0.15) is 28.5 Å². The summed E-state index contributed by atoms with van der Waals surface area (Å²) in [6.07, 6.45) is 0.753. The van der Waals surface area contributed by atoms with Gasteiger partial charge in [0.1, 0.15) is 10.4 Å². The Kier molecular flexibility index (Phi) is 5.31. The quantitative estimate of drug-likeness (QED) is 0.244. The maximum Gasteiger partial charge on any atom is 0.336 e. The second-order valence-corrected chi connectivity index (χ2v) is 9.45. The van der Waals surface area contributed by atoms with Crippen LogP contribution in [0, 0.1) is 13.8 Å². The van der Waals surface area contributed by atoms with Crippen LogP contribution in [0.3, 0.4) is 0 Å². The van der Waals surface area contributed by atoms with Crippen LogP contribution in [0.25, 0.3) is 21.2 Å². The predicted molar refractivity (Wildman–Crippen MR) is 121 cm³/mol. The summed E-state index contributed by atoms with van der Waals surface area (Å²) in [6, 6.07) is 5.15. The Morgan fingerprint density at radius 3 is 2.69 bits per heavy atom. The molecule has 8 heteroatoms. The number of thioether (sulfide) groups is 1. The van der Waals surface area contributed by atoms with Gasteiger partial charge in [0.2, 0.25) is 0 Å². The molecule has 1 aromatic carbocycles. The topological polar surface area (TPSA) is 65.1 Å². The number of thiophene rings is 1. The monoisotopic (exact) mass is 446 g/mol. The van der Waals surface area contributed by atoms with Gasteiger partial charge in [0.25, 0.3) is 5.56 Å². The van der Waals surface area contributed by atoms with Gasteiger partial charge in [-0.1, -0.05) is 30.3 Å². The summed E-state index contributed by atoms with van der Waals surface area (Å²) >= 11 is 9.32. The van der Waals surface area contributed by atoms with E-state index in [4.69, 9.17) is 21.0 Å². The summed E-state index contributed by atoms with van der Waals surface area (Å²) in [4.78, 5) is 31.4. The van der Waals surface area contributed by atoms with E-state index in [1.54, 1.807) is 11.6 Å². The number of hydrogen-bond acceptors (Lipinski definition) is 6. The molecule has 0 aliphatic heterocycles. The predicted octanol–water partition coefficient (Wildman–Crippen LogP) is 5.23. The molecule has 0 fully saturated rings. The summed E-state index contributed by atoms with van der Waals surface area (Å²) < 4.78 is 6.95. The lowest BCUT2D eigenvalue weighted by atomic mass is 10.1. The van der Waals surface area contributed by atoms with Crippen LogP contribution in [-0.2, 0) is 19.2 Å². The van der Waals surface area contributed by atoms with Crippen LogP contribution < -0.4 is 11.2 Å². The van der Waals surface area contributed by atoms with E-state index in [-0.39, 0.29) is 5.56 Å². The molecule has 0 atom stereocenters. The highest BCUT2D eigenvalue weighted by Crippen LogP contribution is 2.31. The SMILES string of the molecule is CCc1cc2oc(=O)cc(CSc3nc4sc(C)c(C)c4c(=O)n3C)c2cc1Cl. The van der Waals surface area contributed by atoms with E-state index >= 15 is 0 Å². The van der Waals surface area contributed by atoms with E-state index in [0.717, 1.165) is 38.2 Å². The Morgan fingerprint density at radius 2 is 1.97 bits per heavy atom. The molecule has 3 aromatic heterocycles. The van der Waals surface area contributed by atoms with E-state index in [9.17, 15) is 9.59 Å². The van der Waals surface area contributed by atoms with Crippen molar-refractivity contribution in [2.75, 3.05) is 0 Å². The number of benzene rings is 1. The Balaban J connectivity index is 1.77. The molecule has 3 heterocycles. The van der Waals surface area contributed by atoms with Gasteiger partial charge < -0.3 is 4.42 Å². The first-order chi connectivity index (χ1) is 13.8. The van der Waals surface area contributed by atoms with Gasteiger partial charge in [-0.25, -0.2) is 9.78 Å². The molecule has 0 N–H and O–H groups in total. The van der Waals surface area contributed by atoms with Crippen LogP contribution in [-0.4, -0.2) is 9.55 Å². The number of nitrogens with zero attached hydrogens (tertiary/aromatic N) is 2. The van der Waals surface area contributed by atoms with Crippen molar-refractivity contribution >= 4 is 55.9 Å². The fourth-order valence-electron chi connectivity index (χ4n) is 3.31. The average Bonchev–Trinajstić information content (AvgIpc) is 2.97. The molecular weight excluding hydrogens is 428 g/mol. The summed E-state index contributed by atoms with van der Waals surface area (Å²) in [6.45, 7) is 5.95. The van der Waals surface area contributed by atoms with Crippen molar-refractivity contribution in [2.24, 2.45) is 7.05 Å². The summed E-state index contributed by atoms with van der Waals surface area (Å²) in [5.74, 6) is 0.471. The summed E-state index contributed by atoms with van der Waals surface area (Å²) in [5.41, 5.74) is 2.80. The Hall–Kier alpha value is -2.09. The minimum Gasteiger partial charge on any atom is -0.423 e. The van der Waals surface area contributed by atoms with E-state index < -0.39 is 5.63 Å². The largest absolute Gasteiger partial charge is 0.423 e. The molecule has 0 unspecified atom stereocenters. The second-order valence-electron chi connectivity index (χ2n) is 6.89. The standard InChI is InChI=1S/C21H19ClN2O3S2/c1-5-12-6-16-14(8-15(12)22)13(7-17(25)27-16)9-28-21-23-19-18(20(26)24(21)4)10(2)11(3)29-19/h6-8H,5,9H2,1-4H3. The third-order valence-electron chi connectivity index (χ3n) is 5.10. The summed E-state index contributed by atoms with van der Waals surface area (Å²) in [7, 11) is 1.73. The normalized spacial score (nSPS) is 11.6. The minimum absolute atomic E-state index is 0.0487. The van der Waals surface area contributed by atoms with E-state index in [0.29, 0.717) is 26.9 Å². The van der Waals surface area contributed by atoms with Crippen molar-refractivity contribution in [1.29, 1.82) is 0 Å². The molecule has 0 radical (unpaired) electrons. The minimum atomic E-state index is -0.403. The molecule has 0 aliphatic rings. The molecule has 0 saturated carbocycles. The van der Waals surface area contributed by atoms with Crippen LogP contribution in [0.15, 0.2) is 37.4 Å². The molecule has 0 spiro atoms. The number of aromatic nitrogens is 2. The lowest BCUT2D eigenvalue weighted by Crippen LogP contribution is -2.19. The smallest absolute Gasteiger partial charge is 0.336 e. The maximum atomic E-state index is 12.8. The first-order valence-electron chi connectivity index (χ1n) is 9.14. The van der Waals surface area contributed by atoms with E-state index in [1.165, 1.54) is 29.2 Å². The fourth-order valence-corrected chi connectivity index (χ4v) is 5.64. The van der Waals surface area contributed by atoms with E-state index in [1.807, 2.05) is 32.9 Å². The molecule has 5 nitrogen and oxygen atoms in total.